The Morgan fingerprint density at radius 1 is 0.939 bits per heavy atom. The summed E-state index contributed by atoms with van der Waals surface area (Å²) in [6.07, 6.45) is 4.11. The molecule has 1 aromatic carbocycles. The van der Waals surface area contributed by atoms with Crippen LogP contribution in [0.25, 0.3) is 0 Å². The zero-order chi connectivity index (χ0) is 22.7. The molecule has 1 unspecified atom stereocenters. The van der Waals surface area contributed by atoms with Crippen LogP contribution in [0.2, 0.25) is 0 Å². The zero-order valence-corrected chi connectivity index (χ0v) is 18.0. The summed E-state index contributed by atoms with van der Waals surface area (Å²) in [5, 5.41) is 10.2. The Bertz CT molecular complexity index is 1200. The summed E-state index contributed by atoms with van der Waals surface area (Å²) in [6, 6.07) is 4.71. The molecule has 0 bridgehead atoms. The summed E-state index contributed by atoms with van der Waals surface area (Å²) in [5.41, 5.74) is 4.08. The van der Waals surface area contributed by atoms with E-state index in [1.165, 1.54) is 11.3 Å². The first kappa shape index (κ1) is 20.1. The molecule has 33 heavy (non-hydrogen) atoms. The molecule has 0 radical (unpaired) electrons. The number of anilines is 1. The molecule has 2 N–H and O–H groups in total. The number of nitrogens with zero attached hydrogens (tertiary/aromatic N) is 4. The van der Waals surface area contributed by atoms with Crippen molar-refractivity contribution in [2.45, 2.75) is 50.9 Å². The van der Waals surface area contributed by atoms with Crippen molar-refractivity contribution in [3.05, 3.63) is 46.8 Å². The maximum Gasteiger partial charge on any atom is 0.262 e. The fourth-order valence-corrected chi connectivity index (χ4v) is 5.42. The molecule has 5 heterocycles. The number of carbonyl (C=O) groups is 4. The molecule has 4 aliphatic rings. The van der Waals surface area contributed by atoms with Crippen molar-refractivity contribution in [2.75, 3.05) is 18.0 Å². The standard InChI is InChI=1S/C23H24N6O4/c30-20-4-3-18(21(31)26-20)28-22(32)16-2-1-15(9-17(16)23(28)33)27-7-5-14(6-8-27)29-19-12-24-10-13(19)11-25-29/h1-2,9,11,14,18,24H,3-8,10,12H2,(H,26,30,31). The Morgan fingerprint density at radius 3 is 2.52 bits per heavy atom. The lowest BCUT2D eigenvalue weighted by molar-refractivity contribution is -0.136. The second-order valence-corrected chi connectivity index (χ2v) is 9.06. The summed E-state index contributed by atoms with van der Waals surface area (Å²) in [5.74, 6) is -1.92. The van der Waals surface area contributed by atoms with Gasteiger partial charge in [0.05, 0.1) is 29.1 Å². The molecule has 10 heteroatoms. The molecule has 4 amide bonds. The summed E-state index contributed by atoms with van der Waals surface area (Å²) >= 11 is 0. The Hall–Kier alpha value is -3.53. The van der Waals surface area contributed by atoms with E-state index in [0.717, 1.165) is 49.6 Å². The number of nitrogens with one attached hydrogen (secondary N) is 2. The third-order valence-electron chi connectivity index (χ3n) is 7.19. The van der Waals surface area contributed by atoms with Crippen LogP contribution < -0.4 is 15.5 Å². The molecule has 0 spiro atoms. The van der Waals surface area contributed by atoms with E-state index in [1.807, 2.05) is 12.3 Å². The molecular formula is C23H24N6O4. The fraction of sp³-hybridized carbons (Fsp3) is 0.435. The van der Waals surface area contributed by atoms with E-state index in [2.05, 4.69) is 25.3 Å². The zero-order valence-electron chi connectivity index (χ0n) is 18.0. The van der Waals surface area contributed by atoms with Gasteiger partial charge in [-0.25, -0.2) is 0 Å². The molecule has 0 saturated carbocycles. The van der Waals surface area contributed by atoms with Crippen LogP contribution in [-0.4, -0.2) is 57.4 Å². The summed E-state index contributed by atoms with van der Waals surface area (Å²) in [7, 11) is 0. The molecule has 2 fully saturated rings. The van der Waals surface area contributed by atoms with Crippen molar-refractivity contribution in [3.8, 4) is 0 Å². The third kappa shape index (κ3) is 3.16. The highest BCUT2D eigenvalue weighted by atomic mass is 16.2. The Balaban J connectivity index is 1.18. The van der Waals surface area contributed by atoms with Crippen LogP contribution in [0.15, 0.2) is 24.4 Å². The smallest absolute Gasteiger partial charge is 0.262 e. The molecule has 6 rings (SSSR count). The van der Waals surface area contributed by atoms with Crippen molar-refractivity contribution >= 4 is 29.3 Å². The summed E-state index contributed by atoms with van der Waals surface area (Å²) < 4.78 is 2.16. The highest BCUT2D eigenvalue weighted by Gasteiger charge is 2.44. The number of benzene rings is 1. The fourth-order valence-electron chi connectivity index (χ4n) is 5.42. The van der Waals surface area contributed by atoms with Crippen molar-refractivity contribution in [2.24, 2.45) is 0 Å². The highest BCUT2D eigenvalue weighted by Crippen LogP contribution is 2.33. The van der Waals surface area contributed by atoms with Gasteiger partial charge in [0.2, 0.25) is 11.8 Å². The largest absolute Gasteiger partial charge is 0.371 e. The van der Waals surface area contributed by atoms with Gasteiger partial charge >= 0.3 is 0 Å². The van der Waals surface area contributed by atoms with E-state index >= 15 is 0 Å². The number of rotatable bonds is 3. The lowest BCUT2D eigenvalue weighted by Gasteiger charge is -2.34. The number of hydrogen-bond donors (Lipinski definition) is 2. The molecule has 2 aromatic rings. The van der Waals surface area contributed by atoms with E-state index in [9.17, 15) is 19.2 Å². The molecule has 0 aliphatic carbocycles. The summed E-state index contributed by atoms with van der Waals surface area (Å²) in [6.45, 7) is 3.39. The van der Waals surface area contributed by atoms with Crippen LogP contribution in [0.4, 0.5) is 5.69 Å². The van der Waals surface area contributed by atoms with Gasteiger partial charge in [-0.15, -0.1) is 0 Å². The minimum absolute atomic E-state index is 0.111. The van der Waals surface area contributed by atoms with Crippen molar-refractivity contribution in [1.82, 2.24) is 25.3 Å². The van der Waals surface area contributed by atoms with E-state index in [1.54, 1.807) is 12.1 Å². The van der Waals surface area contributed by atoms with Crippen LogP contribution in [0.3, 0.4) is 0 Å². The molecule has 4 aliphatic heterocycles. The lowest BCUT2D eigenvalue weighted by Crippen LogP contribution is -2.54. The topological polar surface area (TPSA) is 117 Å². The van der Waals surface area contributed by atoms with Gasteiger partial charge in [0.25, 0.3) is 11.8 Å². The monoisotopic (exact) mass is 448 g/mol. The SMILES string of the molecule is O=C1CCC(N2C(=O)c3ccc(N4CCC(n5ncc6c5CNC6)CC4)cc3C2=O)C(=O)N1. The van der Waals surface area contributed by atoms with Crippen molar-refractivity contribution in [3.63, 3.8) is 0 Å². The molecule has 170 valence electrons. The predicted octanol–water partition coefficient (Wildman–Crippen LogP) is 0.729. The quantitative estimate of drug-likeness (QED) is 0.665. The van der Waals surface area contributed by atoms with Crippen LogP contribution in [-0.2, 0) is 22.7 Å². The Morgan fingerprint density at radius 2 is 1.73 bits per heavy atom. The number of imide groups is 2. The van der Waals surface area contributed by atoms with Gasteiger partial charge in [0.1, 0.15) is 6.04 Å². The average Bonchev–Trinajstić information content (AvgIpc) is 3.49. The molecule has 1 atom stereocenters. The maximum absolute atomic E-state index is 13.1. The lowest BCUT2D eigenvalue weighted by atomic mass is 10.0. The maximum atomic E-state index is 13.1. The first-order chi connectivity index (χ1) is 16.0. The summed E-state index contributed by atoms with van der Waals surface area (Å²) in [4.78, 5) is 52.9. The van der Waals surface area contributed by atoms with Gasteiger partial charge in [0, 0.05) is 43.9 Å². The third-order valence-corrected chi connectivity index (χ3v) is 7.19. The second kappa shape index (κ2) is 7.51. The molecule has 1 aromatic heterocycles. The normalized spacial score (nSPS) is 23.2. The van der Waals surface area contributed by atoms with E-state index in [-0.39, 0.29) is 18.7 Å². The number of aromatic nitrogens is 2. The minimum atomic E-state index is -0.945. The molecule has 2 saturated heterocycles. The predicted molar refractivity (Wildman–Crippen MR) is 116 cm³/mol. The van der Waals surface area contributed by atoms with Crippen LogP contribution in [0.1, 0.15) is 63.7 Å². The number of amides is 4. The highest BCUT2D eigenvalue weighted by molar-refractivity contribution is 6.23. The molecule has 10 nitrogen and oxygen atoms in total. The van der Waals surface area contributed by atoms with E-state index < -0.39 is 23.8 Å². The van der Waals surface area contributed by atoms with Crippen LogP contribution in [0.5, 0.6) is 0 Å². The van der Waals surface area contributed by atoms with Gasteiger partial charge in [-0.05, 0) is 37.5 Å². The Kier molecular flexibility index (Phi) is 4.58. The molecular weight excluding hydrogens is 424 g/mol. The van der Waals surface area contributed by atoms with Crippen LogP contribution in [0, 0.1) is 0 Å². The van der Waals surface area contributed by atoms with E-state index in [0.29, 0.717) is 17.2 Å². The minimum Gasteiger partial charge on any atom is -0.371 e. The Labute approximate surface area is 189 Å². The van der Waals surface area contributed by atoms with Crippen molar-refractivity contribution in [1.29, 1.82) is 0 Å². The average molecular weight is 448 g/mol. The van der Waals surface area contributed by atoms with Gasteiger partial charge in [-0.2, -0.15) is 5.10 Å². The number of piperidine rings is 2. The first-order valence-corrected chi connectivity index (χ1v) is 11.4. The van der Waals surface area contributed by atoms with E-state index in [4.69, 9.17) is 0 Å². The number of fused-ring (bicyclic) bond motifs is 2. The second-order valence-electron chi connectivity index (χ2n) is 9.06. The van der Waals surface area contributed by atoms with Gasteiger partial charge < -0.3 is 10.2 Å². The van der Waals surface area contributed by atoms with Gasteiger partial charge in [0.15, 0.2) is 0 Å². The number of carbonyl (C=O) groups excluding carboxylic acids is 4. The van der Waals surface area contributed by atoms with Crippen LogP contribution >= 0.6 is 0 Å². The van der Waals surface area contributed by atoms with Gasteiger partial charge in [-0.3, -0.25) is 34.1 Å². The van der Waals surface area contributed by atoms with Crippen molar-refractivity contribution < 1.29 is 19.2 Å². The number of hydrogen-bond acceptors (Lipinski definition) is 7. The van der Waals surface area contributed by atoms with Gasteiger partial charge in [-0.1, -0.05) is 0 Å². The first-order valence-electron chi connectivity index (χ1n) is 11.4.